The Morgan fingerprint density at radius 2 is 1.88 bits per heavy atom. The number of benzene rings is 2. The van der Waals surface area contributed by atoms with Crippen molar-refractivity contribution in [1.82, 2.24) is 4.90 Å². The zero-order valence-electron chi connectivity index (χ0n) is 13.5. The van der Waals surface area contributed by atoms with Gasteiger partial charge in [-0.1, -0.05) is 29.3 Å². The molecule has 3 rings (SSSR count). The molecule has 0 unspecified atom stereocenters. The van der Waals surface area contributed by atoms with Crippen LogP contribution in [0.1, 0.15) is 11.1 Å². The molecule has 1 aliphatic heterocycles. The van der Waals surface area contributed by atoms with Crippen molar-refractivity contribution >= 4 is 52.2 Å². The van der Waals surface area contributed by atoms with Crippen LogP contribution in [0.5, 0.6) is 11.5 Å². The van der Waals surface area contributed by atoms with E-state index >= 15 is 0 Å². The largest absolute Gasteiger partial charge is 0.507 e. The molecule has 134 valence electrons. The molecule has 0 bridgehead atoms. The number of amides is 2. The van der Waals surface area contributed by atoms with Crippen LogP contribution in [0.3, 0.4) is 0 Å². The van der Waals surface area contributed by atoms with Gasteiger partial charge >= 0.3 is 0 Å². The highest BCUT2D eigenvalue weighted by Gasteiger charge is 2.35. The summed E-state index contributed by atoms with van der Waals surface area (Å²) in [5.41, 5.74) is 0.884. The lowest BCUT2D eigenvalue weighted by molar-refractivity contribution is -0.123. The number of phenolic OH excluding ortho intramolecular Hbond substituents is 1. The van der Waals surface area contributed by atoms with Crippen molar-refractivity contribution in [3.63, 3.8) is 0 Å². The van der Waals surface area contributed by atoms with E-state index in [-0.39, 0.29) is 17.2 Å². The van der Waals surface area contributed by atoms with Crippen LogP contribution < -0.4 is 4.74 Å². The normalized spacial score (nSPS) is 15.8. The van der Waals surface area contributed by atoms with Crippen LogP contribution in [0, 0.1) is 0 Å². The summed E-state index contributed by atoms with van der Waals surface area (Å²) in [6.07, 6.45) is 1.46. The topological polar surface area (TPSA) is 66.8 Å². The zero-order valence-corrected chi connectivity index (χ0v) is 15.9. The number of rotatable bonds is 4. The quantitative estimate of drug-likeness (QED) is 0.723. The number of thioether (sulfide) groups is 1. The molecule has 1 saturated heterocycles. The minimum atomic E-state index is -0.474. The second-order valence-electron chi connectivity index (χ2n) is 5.39. The number of hydrogen-bond acceptors (Lipinski definition) is 5. The molecule has 0 radical (unpaired) electrons. The third-order valence-electron chi connectivity index (χ3n) is 3.77. The molecule has 1 fully saturated rings. The Kier molecular flexibility index (Phi) is 5.46. The Hall–Kier alpha value is -2.15. The molecule has 8 heteroatoms. The zero-order chi connectivity index (χ0) is 18.8. The molecule has 26 heavy (non-hydrogen) atoms. The molecule has 2 amide bonds. The van der Waals surface area contributed by atoms with E-state index in [1.165, 1.54) is 19.3 Å². The highest BCUT2D eigenvalue weighted by Crippen LogP contribution is 2.37. The standard InChI is InChI=1S/C18H13Cl2NO4S/c1-25-11-5-6-15(22)10(7-11)8-16-17(23)21(18(24)26-16)9-12-13(19)3-2-4-14(12)20/h2-8,22H,9H2,1H3/b16-8-. The molecule has 0 aromatic heterocycles. The second kappa shape index (κ2) is 7.61. The van der Waals surface area contributed by atoms with E-state index in [9.17, 15) is 14.7 Å². The summed E-state index contributed by atoms with van der Waals surface area (Å²) in [7, 11) is 1.50. The Balaban J connectivity index is 1.90. The van der Waals surface area contributed by atoms with Gasteiger partial charge in [-0.05, 0) is 48.2 Å². The molecule has 1 heterocycles. The first-order valence-electron chi connectivity index (χ1n) is 7.46. The molecule has 2 aromatic carbocycles. The molecule has 0 aliphatic carbocycles. The molecule has 0 saturated carbocycles. The number of ether oxygens (including phenoxy) is 1. The van der Waals surface area contributed by atoms with Gasteiger partial charge in [0.2, 0.25) is 0 Å². The van der Waals surface area contributed by atoms with E-state index in [0.717, 1.165) is 16.7 Å². The van der Waals surface area contributed by atoms with Crippen molar-refractivity contribution in [2.45, 2.75) is 6.54 Å². The second-order valence-corrected chi connectivity index (χ2v) is 7.20. The fourth-order valence-corrected chi connectivity index (χ4v) is 3.74. The maximum absolute atomic E-state index is 12.6. The number of aromatic hydroxyl groups is 1. The third-order valence-corrected chi connectivity index (χ3v) is 5.39. The first kappa shape index (κ1) is 18.6. The van der Waals surface area contributed by atoms with Gasteiger partial charge in [-0.3, -0.25) is 14.5 Å². The number of carbonyl (C=O) groups is 2. The summed E-state index contributed by atoms with van der Waals surface area (Å²) in [6, 6.07) is 9.61. The predicted molar refractivity (Wildman–Crippen MR) is 103 cm³/mol. The van der Waals surface area contributed by atoms with Crippen LogP contribution in [-0.4, -0.2) is 28.3 Å². The predicted octanol–water partition coefficient (Wildman–Crippen LogP) is 4.94. The minimum absolute atomic E-state index is 0.0215. The lowest BCUT2D eigenvalue weighted by Gasteiger charge is -2.14. The van der Waals surface area contributed by atoms with E-state index < -0.39 is 11.1 Å². The fourth-order valence-electron chi connectivity index (χ4n) is 2.39. The van der Waals surface area contributed by atoms with Gasteiger partial charge in [-0.25, -0.2) is 0 Å². The summed E-state index contributed by atoms with van der Waals surface area (Å²) in [5.74, 6) is 0.0288. The Morgan fingerprint density at radius 1 is 1.19 bits per heavy atom. The highest BCUT2D eigenvalue weighted by molar-refractivity contribution is 8.18. The average molecular weight is 410 g/mol. The van der Waals surface area contributed by atoms with Crippen LogP contribution in [0.4, 0.5) is 4.79 Å². The van der Waals surface area contributed by atoms with E-state index in [1.807, 2.05) is 0 Å². The Labute approximate surface area is 164 Å². The first-order valence-corrected chi connectivity index (χ1v) is 9.03. The Bertz CT molecular complexity index is 909. The van der Waals surface area contributed by atoms with Gasteiger partial charge in [-0.2, -0.15) is 0 Å². The number of nitrogens with zero attached hydrogens (tertiary/aromatic N) is 1. The van der Waals surface area contributed by atoms with Crippen LogP contribution in [-0.2, 0) is 11.3 Å². The number of methoxy groups -OCH3 is 1. The van der Waals surface area contributed by atoms with Gasteiger partial charge in [0.1, 0.15) is 11.5 Å². The van der Waals surface area contributed by atoms with Crippen molar-refractivity contribution in [3.05, 3.63) is 62.5 Å². The number of phenols is 1. The smallest absolute Gasteiger partial charge is 0.293 e. The molecule has 0 spiro atoms. The summed E-state index contributed by atoms with van der Waals surface area (Å²) in [5, 5.41) is 10.3. The summed E-state index contributed by atoms with van der Waals surface area (Å²) < 4.78 is 5.11. The number of halogens is 2. The third kappa shape index (κ3) is 3.67. The molecule has 1 N–H and O–H groups in total. The van der Waals surface area contributed by atoms with Crippen LogP contribution >= 0.6 is 35.0 Å². The fraction of sp³-hybridized carbons (Fsp3) is 0.111. The maximum Gasteiger partial charge on any atom is 0.293 e. The number of carbonyl (C=O) groups excluding carboxylic acids is 2. The van der Waals surface area contributed by atoms with Gasteiger partial charge in [-0.15, -0.1) is 0 Å². The van der Waals surface area contributed by atoms with Crippen LogP contribution in [0.25, 0.3) is 6.08 Å². The van der Waals surface area contributed by atoms with Crippen molar-refractivity contribution in [2.24, 2.45) is 0 Å². The van der Waals surface area contributed by atoms with Crippen molar-refractivity contribution < 1.29 is 19.4 Å². The SMILES string of the molecule is COc1ccc(O)c(/C=C2\SC(=O)N(Cc3c(Cl)cccc3Cl)C2=O)c1. The van der Waals surface area contributed by atoms with Crippen molar-refractivity contribution in [1.29, 1.82) is 0 Å². The monoisotopic (exact) mass is 409 g/mol. The van der Waals surface area contributed by atoms with Crippen LogP contribution in [0.15, 0.2) is 41.3 Å². The van der Waals surface area contributed by atoms with Gasteiger partial charge in [0.25, 0.3) is 11.1 Å². The van der Waals surface area contributed by atoms with E-state index in [4.69, 9.17) is 27.9 Å². The highest BCUT2D eigenvalue weighted by atomic mass is 35.5. The van der Waals surface area contributed by atoms with E-state index in [2.05, 4.69) is 0 Å². The van der Waals surface area contributed by atoms with Crippen molar-refractivity contribution in [3.8, 4) is 11.5 Å². The molecule has 5 nitrogen and oxygen atoms in total. The molecule has 0 atom stereocenters. The van der Waals surface area contributed by atoms with E-state index in [1.54, 1.807) is 30.3 Å². The molecule has 1 aliphatic rings. The number of imide groups is 1. The first-order chi connectivity index (χ1) is 12.4. The number of hydrogen-bond donors (Lipinski definition) is 1. The van der Waals surface area contributed by atoms with Gasteiger partial charge < -0.3 is 9.84 Å². The van der Waals surface area contributed by atoms with Crippen LogP contribution in [0.2, 0.25) is 10.0 Å². The summed E-state index contributed by atoms with van der Waals surface area (Å²) >= 11 is 13.0. The summed E-state index contributed by atoms with van der Waals surface area (Å²) in [4.78, 5) is 26.2. The van der Waals surface area contributed by atoms with Crippen molar-refractivity contribution in [2.75, 3.05) is 7.11 Å². The maximum atomic E-state index is 12.6. The molecule has 2 aromatic rings. The minimum Gasteiger partial charge on any atom is -0.507 e. The lowest BCUT2D eigenvalue weighted by atomic mass is 10.1. The van der Waals surface area contributed by atoms with Gasteiger partial charge in [0.15, 0.2) is 0 Å². The summed E-state index contributed by atoms with van der Waals surface area (Å²) in [6.45, 7) is -0.0232. The molecular formula is C18H13Cl2NO4S. The lowest BCUT2D eigenvalue weighted by Crippen LogP contribution is -2.27. The molecular weight excluding hydrogens is 397 g/mol. The van der Waals surface area contributed by atoms with E-state index in [0.29, 0.717) is 26.9 Å². The van der Waals surface area contributed by atoms with Gasteiger partial charge in [0, 0.05) is 21.2 Å². The van der Waals surface area contributed by atoms with Gasteiger partial charge in [0.05, 0.1) is 18.6 Å². The Morgan fingerprint density at radius 3 is 2.54 bits per heavy atom. The average Bonchev–Trinajstić information content (AvgIpc) is 2.87.